The molecule has 3 N–H and O–H groups in total. The molecule has 0 spiro atoms. The summed E-state index contributed by atoms with van der Waals surface area (Å²) in [5, 5.41) is 0. The van der Waals surface area contributed by atoms with E-state index < -0.39 is 0 Å². The Labute approximate surface area is 141 Å². The van der Waals surface area contributed by atoms with Crippen LogP contribution in [0.1, 0.15) is 13.8 Å². The quantitative estimate of drug-likeness (QED) is 0.788. The minimum atomic E-state index is -0.215. The molecule has 0 aliphatic carbocycles. The van der Waals surface area contributed by atoms with Crippen molar-refractivity contribution >= 4 is 11.9 Å². The first-order valence-electron chi connectivity index (χ1n) is 7.58. The zero-order chi connectivity index (χ0) is 17.9. The van der Waals surface area contributed by atoms with Crippen LogP contribution in [0.4, 0.5) is 11.9 Å². The van der Waals surface area contributed by atoms with Gasteiger partial charge in [0.25, 0.3) is 5.56 Å². The second kappa shape index (κ2) is 9.97. The number of nitrogen functional groups attached to an aromatic ring is 1. The van der Waals surface area contributed by atoms with E-state index in [0.717, 1.165) is 0 Å². The molecule has 2 aromatic rings. The average Bonchev–Trinajstić information content (AvgIpc) is 2.66. The molecule has 0 unspecified atom stereocenters. The Morgan fingerprint density at radius 3 is 2.38 bits per heavy atom. The predicted octanol–water partition coefficient (Wildman–Crippen LogP) is 0.921. The third kappa shape index (κ3) is 5.07. The van der Waals surface area contributed by atoms with Gasteiger partial charge in [-0.05, 0) is 0 Å². The van der Waals surface area contributed by atoms with Crippen LogP contribution in [0.2, 0.25) is 0 Å². The zero-order valence-electron chi connectivity index (χ0n) is 13.9. The van der Waals surface area contributed by atoms with Crippen molar-refractivity contribution in [1.82, 2.24) is 19.9 Å². The van der Waals surface area contributed by atoms with Crippen LogP contribution in [0.5, 0.6) is 0 Å². The van der Waals surface area contributed by atoms with Crippen LogP contribution in [-0.2, 0) is 4.74 Å². The lowest BCUT2D eigenvalue weighted by atomic mass is 10.2. The van der Waals surface area contributed by atoms with E-state index in [-0.39, 0.29) is 11.5 Å². The molecule has 0 aromatic carbocycles. The number of nitrogens with two attached hydrogens (primary N) is 1. The number of aromatic nitrogens is 4. The van der Waals surface area contributed by atoms with Crippen LogP contribution in [-0.4, -0.2) is 46.2 Å². The summed E-state index contributed by atoms with van der Waals surface area (Å²) < 4.78 is 5.28. The van der Waals surface area contributed by atoms with Crippen molar-refractivity contribution in [3.8, 4) is 24.1 Å². The molecule has 8 nitrogen and oxygen atoms in total. The smallest absolute Gasteiger partial charge is 0.252 e. The van der Waals surface area contributed by atoms with Crippen LogP contribution >= 0.6 is 0 Å². The Hall–Kier alpha value is -2.92. The molecular formula is C16H22N6O2. The molecule has 3 heterocycles. The number of aromatic amines is 1. The van der Waals surface area contributed by atoms with E-state index in [0.29, 0.717) is 43.5 Å². The molecule has 1 saturated heterocycles. The molecule has 0 bridgehead atoms. The van der Waals surface area contributed by atoms with Crippen molar-refractivity contribution in [3.63, 3.8) is 0 Å². The molecule has 0 saturated carbocycles. The van der Waals surface area contributed by atoms with Crippen LogP contribution in [0, 0.1) is 12.8 Å². The largest absolute Gasteiger partial charge is 0.378 e. The molecular weight excluding hydrogens is 308 g/mol. The predicted molar refractivity (Wildman–Crippen MR) is 94.6 cm³/mol. The van der Waals surface area contributed by atoms with Gasteiger partial charge in [0, 0.05) is 37.1 Å². The summed E-state index contributed by atoms with van der Waals surface area (Å²) in [6.45, 7) is 6.65. The number of terminal acetylenes is 1. The highest BCUT2D eigenvalue weighted by Crippen LogP contribution is 2.16. The van der Waals surface area contributed by atoms with Gasteiger partial charge in [0.2, 0.25) is 11.9 Å². The first kappa shape index (κ1) is 19.1. The number of H-pyrrole nitrogens is 1. The first-order chi connectivity index (χ1) is 11.7. The lowest BCUT2D eigenvalue weighted by Crippen LogP contribution is -2.38. The van der Waals surface area contributed by atoms with E-state index in [1.165, 1.54) is 6.07 Å². The van der Waals surface area contributed by atoms with Crippen molar-refractivity contribution in [1.29, 1.82) is 0 Å². The van der Waals surface area contributed by atoms with Gasteiger partial charge in [-0.15, -0.1) is 12.8 Å². The summed E-state index contributed by atoms with van der Waals surface area (Å²) in [4.78, 5) is 28.8. The van der Waals surface area contributed by atoms with E-state index in [1.807, 2.05) is 18.7 Å². The summed E-state index contributed by atoms with van der Waals surface area (Å²) in [6, 6.07) is 1.42. The highest BCUT2D eigenvalue weighted by atomic mass is 16.5. The van der Waals surface area contributed by atoms with E-state index in [4.69, 9.17) is 10.5 Å². The second-order valence-corrected chi connectivity index (χ2v) is 4.38. The number of hydrogen-bond donors (Lipinski definition) is 2. The maximum absolute atomic E-state index is 11.8. The maximum atomic E-state index is 11.8. The van der Waals surface area contributed by atoms with Gasteiger partial charge in [0.1, 0.15) is 0 Å². The molecule has 24 heavy (non-hydrogen) atoms. The average molecular weight is 330 g/mol. The van der Waals surface area contributed by atoms with Gasteiger partial charge in [-0.3, -0.25) is 9.78 Å². The van der Waals surface area contributed by atoms with Crippen molar-refractivity contribution in [2.24, 2.45) is 0 Å². The highest BCUT2D eigenvalue weighted by molar-refractivity contribution is 5.58. The Balaban J connectivity index is 0.000000671. The minimum absolute atomic E-state index is 0.187. The van der Waals surface area contributed by atoms with E-state index in [9.17, 15) is 4.79 Å². The summed E-state index contributed by atoms with van der Waals surface area (Å²) in [5.41, 5.74) is 6.41. The normalized spacial score (nSPS) is 13.1. The van der Waals surface area contributed by atoms with Gasteiger partial charge < -0.3 is 15.4 Å². The number of rotatable bonds is 2. The van der Waals surface area contributed by atoms with Gasteiger partial charge in [-0.25, -0.2) is 15.0 Å². The fourth-order valence-corrected chi connectivity index (χ4v) is 1.99. The molecule has 1 fully saturated rings. The van der Waals surface area contributed by atoms with Gasteiger partial charge >= 0.3 is 0 Å². The Bertz CT molecular complexity index is 690. The Morgan fingerprint density at radius 2 is 1.79 bits per heavy atom. The van der Waals surface area contributed by atoms with Crippen LogP contribution in [0.15, 0.2) is 23.3 Å². The molecule has 3 rings (SSSR count). The number of nitrogens with zero attached hydrogens (tertiary/aromatic N) is 4. The third-order valence-corrected chi connectivity index (χ3v) is 3.01. The first-order valence-corrected chi connectivity index (χ1v) is 7.58. The third-order valence-electron chi connectivity index (χ3n) is 3.01. The standard InChI is InChI=1S/C12H14N6O2.C2H6.C2H2/c13-11-14-6-8(7-15-11)9-5-10(19)17-12(16-9)18-1-3-20-4-2-18;2*1-2/h5-7H,1-4H2,(H2,13,14,15)(H,16,17,19);1-2H3;1-2H. The van der Waals surface area contributed by atoms with Crippen LogP contribution < -0.4 is 16.2 Å². The number of ether oxygens (including phenoxy) is 1. The molecule has 1 aliphatic heterocycles. The summed E-state index contributed by atoms with van der Waals surface area (Å²) in [5.74, 6) is 0.722. The minimum Gasteiger partial charge on any atom is -0.378 e. The van der Waals surface area contributed by atoms with Crippen molar-refractivity contribution in [2.75, 3.05) is 36.9 Å². The van der Waals surface area contributed by atoms with Gasteiger partial charge in [-0.1, -0.05) is 13.8 Å². The number of nitrogens with one attached hydrogen (secondary N) is 1. The Kier molecular flexibility index (Phi) is 7.94. The topological polar surface area (TPSA) is 110 Å². The summed E-state index contributed by atoms with van der Waals surface area (Å²) >= 11 is 0. The molecule has 128 valence electrons. The molecule has 0 amide bonds. The molecule has 0 atom stereocenters. The Morgan fingerprint density at radius 1 is 1.21 bits per heavy atom. The lowest BCUT2D eigenvalue weighted by Gasteiger charge is -2.27. The number of hydrogen-bond acceptors (Lipinski definition) is 7. The second-order valence-electron chi connectivity index (χ2n) is 4.38. The van der Waals surface area contributed by atoms with Gasteiger partial charge in [0.15, 0.2) is 0 Å². The summed E-state index contributed by atoms with van der Waals surface area (Å²) in [6.07, 6.45) is 11.1. The monoisotopic (exact) mass is 330 g/mol. The van der Waals surface area contributed by atoms with Crippen molar-refractivity contribution in [3.05, 3.63) is 28.8 Å². The molecule has 8 heteroatoms. The van der Waals surface area contributed by atoms with E-state index >= 15 is 0 Å². The molecule has 1 aliphatic rings. The van der Waals surface area contributed by atoms with Gasteiger partial charge in [-0.2, -0.15) is 0 Å². The van der Waals surface area contributed by atoms with Crippen LogP contribution in [0.25, 0.3) is 11.3 Å². The fourth-order valence-electron chi connectivity index (χ4n) is 1.99. The van der Waals surface area contributed by atoms with Gasteiger partial charge in [0.05, 0.1) is 18.9 Å². The molecule has 0 radical (unpaired) electrons. The van der Waals surface area contributed by atoms with Crippen LogP contribution in [0.3, 0.4) is 0 Å². The van der Waals surface area contributed by atoms with E-state index in [1.54, 1.807) is 12.4 Å². The summed E-state index contributed by atoms with van der Waals surface area (Å²) in [7, 11) is 0. The van der Waals surface area contributed by atoms with Crippen molar-refractivity contribution in [2.45, 2.75) is 13.8 Å². The SMILES string of the molecule is C#C.CC.Nc1ncc(-c2cc(=O)[nH]c(N3CCOCC3)n2)cn1. The maximum Gasteiger partial charge on any atom is 0.252 e. The van der Waals surface area contributed by atoms with E-state index in [2.05, 4.69) is 32.8 Å². The number of anilines is 2. The zero-order valence-corrected chi connectivity index (χ0v) is 13.9. The van der Waals surface area contributed by atoms with Crippen molar-refractivity contribution < 1.29 is 4.74 Å². The fraction of sp³-hybridized carbons (Fsp3) is 0.375. The lowest BCUT2D eigenvalue weighted by molar-refractivity contribution is 0.122. The molecule has 2 aromatic heterocycles. The highest BCUT2D eigenvalue weighted by Gasteiger charge is 2.14. The number of morpholine rings is 1.